The zero-order valence-electron chi connectivity index (χ0n) is 10.8. The van der Waals surface area contributed by atoms with E-state index < -0.39 is 0 Å². The van der Waals surface area contributed by atoms with Crippen molar-refractivity contribution in [2.75, 3.05) is 12.3 Å². The van der Waals surface area contributed by atoms with Crippen molar-refractivity contribution in [3.05, 3.63) is 34.9 Å². The fourth-order valence-corrected chi connectivity index (χ4v) is 3.74. The van der Waals surface area contributed by atoms with E-state index in [2.05, 4.69) is 5.32 Å². The van der Waals surface area contributed by atoms with Gasteiger partial charge < -0.3 is 10.2 Å². The van der Waals surface area contributed by atoms with E-state index in [1.165, 1.54) is 11.8 Å². The van der Waals surface area contributed by atoms with Crippen molar-refractivity contribution < 1.29 is 9.59 Å². The SMILES string of the molecule is O=C(CN1C(=O)CSC1c1ccccc1Cl)NC1CC1. The van der Waals surface area contributed by atoms with Crippen molar-refractivity contribution in [3.63, 3.8) is 0 Å². The fraction of sp³-hybridized carbons (Fsp3) is 0.429. The molecule has 1 heterocycles. The highest BCUT2D eigenvalue weighted by atomic mass is 35.5. The van der Waals surface area contributed by atoms with Gasteiger partial charge in [0.2, 0.25) is 11.8 Å². The Balaban J connectivity index is 1.74. The third-order valence-electron chi connectivity index (χ3n) is 3.40. The maximum Gasteiger partial charge on any atom is 0.239 e. The molecule has 0 aromatic heterocycles. The lowest BCUT2D eigenvalue weighted by atomic mass is 10.2. The summed E-state index contributed by atoms with van der Waals surface area (Å²) in [6, 6.07) is 7.78. The normalized spacial score (nSPS) is 22.1. The molecule has 1 aliphatic heterocycles. The average Bonchev–Trinajstić information content (AvgIpc) is 3.16. The molecule has 6 heteroatoms. The minimum atomic E-state index is -0.166. The van der Waals surface area contributed by atoms with Crippen LogP contribution in [0, 0.1) is 0 Å². The first-order valence-electron chi connectivity index (χ1n) is 6.60. The number of hydrogen-bond acceptors (Lipinski definition) is 3. The molecule has 1 atom stereocenters. The maximum absolute atomic E-state index is 12.0. The van der Waals surface area contributed by atoms with Crippen molar-refractivity contribution in [1.29, 1.82) is 0 Å². The summed E-state index contributed by atoms with van der Waals surface area (Å²) < 4.78 is 0. The summed E-state index contributed by atoms with van der Waals surface area (Å²) in [6.45, 7) is 0.109. The second-order valence-electron chi connectivity index (χ2n) is 5.05. The highest BCUT2D eigenvalue weighted by Crippen LogP contribution is 2.41. The van der Waals surface area contributed by atoms with Crippen LogP contribution in [0.3, 0.4) is 0 Å². The first-order chi connectivity index (χ1) is 9.65. The quantitative estimate of drug-likeness (QED) is 0.927. The minimum absolute atomic E-state index is 0.00846. The molecule has 4 nitrogen and oxygen atoms in total. The maximum atomic E-state index is 12.0. The van der Waals surface area contributed by atoms with E-state index in [-0.39, 0.29) is 23.7 Å². The highest BCUT2D eigenvalue weighted by Gasteiger charge is 2.35. The van der Waals surface area contributed by atoms with Gasteiger partial charge in [-0.25, -0.2) is 0 Å². The highest BCUT2D eigenvalue weighted by molar-refractivity contribution is 8.00. The van der Waals surface area contributed by atoms with Crippen molar-refractivity contribution >= 4 is 35.2 Å². The number of amides is 2. The third kappa shape index (κ3) is 2.94. The van der Waals surface area contributed by atoms with Crippen LogP contribution >= 0.6 is 23.4 Å². The topological polar surface area (TPSA) is 49.4 Å². The smallest absolute Gasteiger partial charge is 0.239 e. The Kier molecular flexibility index (Phi) is 3.89. The summed E-state index contributed by atoms with van der Waals surface area (Å²) in [4.78, 5) is 25.5. The number of benzene rings is 1. The largest absolute Gasteiger partial charge is 0.352 e. The van der Waals surface area contributed by atoms with Crippen LogP contribution in [0.4, 0.5) is 0 Å². The molecule has 1 N–H and O–H groups in total. The zero-order valence-corrected chi connectivity index (χ0v) is 12.4. The van der Waals surface area contributed by atoms with Gasteiger partial charge in [0.1, 0.15) is 11.9 Å². The fourth-order valence-electron chi connectivity index (χ4n) is 2.21. The van der Waals surface area contributed by atoms with Gasteiger partial charge >= 0.3 is 0 Å². The lowest BCUT2D eigenvalue weighted by Crippen LogP contribution is -2.40. The van der Waals surface area contributed by atoms with Gasteiger partial charge in [0.15, 0.2) is 0 Å². The number of thioether (sulfide) groups is 1. The van der Waals surface area contributed by atoms with E-state index in [1.807, 2.05) is 24.3 Å². The summed E-state index contributed by atoms with van der Waals surface area (Å²) in [5.41, 5.74) is 0.893. The van der Waals surface area contributed by atoms with E-state index in [9.17, 15) is 9.59 Å². The number of nitrogens with one attached hydrogen (secondary N) is 1. The van der Waals surface area contributed by atoms with Gasteiger partial charge in [-0.15, -0.1) is 11.8 Å². The molecular weight excluding hydrogens is 296 g/mol. The van der Waals surface area contributed by atoms with E-state index in [0.29, 0.717) is 16.8 Å². The molecule has 1 aromatic rings. The van der Waals surface area contributed by atoms with Crippen molar-refractivity contribution in [2.45, 2.75) is 24.3 Å². The van der Waals surface area contributed by atoms with E-state index in [0.717, 1.165) is 18.4 Å². The molecule has 1 saturated heterocycles. The van der Waals surface area contributed by atoms with Gasteiger partial charge in [-0.1, -0.05) is 29.8 Å². The molecule has 1 aliphatic carbocycles. The molecule has 1 saturated carbocycles. The molecule has 2 fully saturated rings. The lowest BCUT2D eigenvalue weighted by molar-refractivity contribution is -0.133. The van der Waals surface area contributed by atoms with E-state index in [1.54, 1.807) is 4.90 Å². The van der Waals surface area contributed by atoms with Crippen LogP contribution in [0.1, 0.15) is 23.8 Å². The molecule has 0 bridgehead atoms. The average molecular weight is 311 g/mol. The summed E-state index contributed by atoms with van der Waals surface area (Å²) in [6.07, 6.45) is 2.09. The molecule has 106 valence electrons. The van der Waals surface area contributed by atoms with Gasteiger partial charge in [0, 0.05) is 16.6 Å². The molecule has 3 rings (SSSR count). The monoisotopic (exact) mass is 310 g/mol. The first kappa shape index (κ1) is 13.8. The van der Waals surface area contributed by atoms with Crippen LogP contribution in [0.25, 0.3) is 0 Å². The number of carbonyl (C=O) groups is 2. The zero-order chi connectivity index (χ0) is 14.1. The molecule has 1 aromatic carbocycles. The third-order valence-corrected chi connectivity index (χ3v) is 4.98. The van der Waals surface area contributed by atoms with Crippen molar-refractivity contribution in [1.82, 2.24) is 10.2 Å². The minimum Gasteiger partial charge on any atom is -0.352 e. The Hall–Kier alpha value is -1.20. The number of rotatable bonds is 4. The molecule has 0 radical (unpaired) electrons. The van der Waals surface area contributed by atoms with Gasteiger partial charge in [0.25, 0.3) is 0 Å². The lowest BCUT2D eigenvalue weighted by Gasteiger charge is -2.24. The number of nitrogens with zero attached hydrogens (tertiary/aromatic N) is 1. The van der Waals surface area contributed by atoms with Gasteiger partial charge in [-0.05, 0) is 18.9 Å². The summed E-state index contributed by atoms with van der Waals surface area (Å²) in [5, 5.41) is 3.38. The molecule has 2 aliphatic rings. The van der Waals surface area contributed by atoms with Gasteiger partial charge in [-0.2, -0.15) is 0 Å². The predicted octanol–water partition coefficient (Wildman–Crippen LogP) is 2.19. The Morgan fingerprint density at radius 1 is 1.40 bits per heavy atom. The molecule has 1 unspecified atom stereocenters. The number of hydrogen-bond donors (Lipinski definition) is 1. The van der Waals surface area contributed by atoms with Crippen LogP contribution in [-0.4, -0.2) is 35.1 Å². The molecule has 20 heavy (non-hydrogen) atoms. The van der Waals surface area contributed by atoms with Crippen LogP contribution < -0.4 is 5.32 Å². The van der Waals surface area contributed by atoms with Crippen LogP contribution in [0.2, 0.25) is 5.02 Å². The van der Waals surface area contributed by atoms with E-state index >= 15 is 0 Å². The number of carbonyl (C=O) groups excluding carboxylic acids is 2. The first-order valence-corrected chi connectivity index (χ1v) is 8.02. The Morgan fingerprint density at radius 2 is 2.15 bits per heavy atom. The molecule has 2 amide bonds. The second kappa shape index (κ2) is 5.66. The Bertz CT molecular complexity index is 548. The Labute approximate surface area is 126 Å². The molecule has 0 spiro atoms. The van der Waals surface area contributed by atoms with E-state index in [4.69, 9.17) is 11.6 Å². The standard InChI is InChI=1S/C14H15ClN2O2S/c15-11-4-2-1-3-10(11)14-17(13(19)8-20-14)7-12(18)16-9-5-6-9/h1-4,9,14H,5-8H2,(H,16,18). The van der Waals surface area contributed by atoms with Crippen molar-refractivity contribution in [3.8, 4) is 0 Å². The predicted molar refractivity (Wildman–Crippen MR) is 79.5 cm³/mol. The van der Waals surface area contributed by atoms with Crippen molar-refractivity contribution in [2.24, 2.45) is 0 Å². The van der Waals surface area contributed by atoms with Crippen LogP contribution in [0.15, 0.2) is 24.3 Å². The Morgan fingerprint density at radius 3 is 2.85 bits per heavy atom. The van der Waals surface area contributed by atoms with Crippen LogP contribution in [0.5, 0.6) is 0 Å². The second-order valence-corrected chi connectivity index (χ2v) is 6.52. The van der Waals surface area contributed by atoms with Gasteiger partial charge in [-0.3, -0.25) is 9.59 Å². The van der Waals surface area contributed by atoms with Gasteiger partial charge in [0.05, 0.1) is 5.75 Å². The summed E-state index contributed by atoms with van der Waals surface area (Å²) in [5.74, 6) is 0.304. The number of halogens is 1. The summed E-state index contributed by atoms with van der Waals surface area (Å²) >= 11 is 7.71. The summed E-state index contributed by atoms with van der Waals surface area (Å²) in [7, 11) is 0. The van der Waals surface area contributed by atoms with Crippen LogP contribution in [-0.2, 0) is 9.59 Å². The molecular formula is C14H15ClN2O2S.